The molecular formula is C19H14N2. The molecule has 0 aliphatic rings. The van der Waals surface area contributed by atoms with Crippen molar-refractivity contribution in [1.82, 2.24) is 9.97 Å². The van der Waals surface area contributed by atoms with Crippen LogP contribution in [0.3, 0.4) is 0 Å². The molecule has 0 atom stereocenters. The van der Waals surface area contributed by atoms with Gasteiger partial charge in [-0.2, -0.15) is 0 Å². The van der Waals surface area contributed by atoms with Gasteiger partial charge in [-0.3, -0.25) is 0 Å². The standard InChI is InChI=1S/C19H14N2/c1-13-20-18-9-5-4-8-17(18)19(21-13)16-11-10-14-6-2-3-7-15(14)12-16/h2-12H,1H3. The summed E-state index contributed by atoms with van der Waals surface area (Å²) < 4.78 is 0. The third-order valence-electron chi connectivity index (χ3n) is 3.74. The molecule has 21 heavy (non-hydrogen) atoms. The van der Waals surface area contributed by atoms with Crippen LogP contribution in [-0.4, -0.2) is 9.97 Å². The molecule has 0 fully saturated rings. The molecular weight excluding hydrogens is 256 g/mol. The van der Waals surface area contributed by atoms with E-state index < -0.39 is 0 Å². The van der Waals surface area contributed by atoms with E-state index in [0.29, 0.717) is 0 Å². The average Bonchev–Trinajstić information content (AvgIpc) is 2.53. The lowest BCUT2D eigenvalue weighted by atomic mass is 10.0. The predicted octanol–water partition coefficient (Wildman–Crippen LogP) is 4.76. The van der Waals surface area contributed by atoms with Gasteiger partial charge < -0.3 is 0 Å². The largest absolute Gasteiger partial charge is 0.233 e. The molecule has 1 aromatic heterocycles. The summed E-state index contributed by atoms with van der Waals surface area (Å²) in [5.41, 5.74) is 3.13. The first-order valence-electron chi connectivity index (χ1n) is 7.04. The van der Waals surface area contributed by atoms with E-state index in [1.807, 2.05) is 25.1 Å². The number of aryl methyl sites for hydroxylation is 1. The first-order valence-corrected chi connectivity index (χ1v) is 7.04. The van der Waals surface area contributed by atoms with Gasteiger partial charge in [0.15, 0.2) is 0 Å². The maximum absolute atomic E-state index is 4.67. The second-order valence-corrected chi connectivity index (χ2v) is 5.20. The second-order valence-electron chi connectivity index (χ2n) is 5.20. The summed E-state index contributed by atoms with van der Waals surface area (Å²) in [5, 5.41) is 3.57. The van der Waals surface area contributed by atoms with Crippen LogP contribution in [0.4, 0.5) is 0 Å². The van der Waals surface area contributed by atoms with Gasteiger partial charge in [0.2, 0.25) is 0 Å². The van der Waals surface area contributed by atoms with E-state index in [2.05, 4.69) is 58.5 Å². The van der Waals surface area contributed by atoms with Crippen LogP contribution >= 0.6 is 0 Å². The zero-order valence-corrected chi connectivity index (χ0v) is 11.7. The monoisotopic (exact) mass is 270 g/mol. The minimum absolute atomic E-state index is 0.803. The number of nitrogens with zero attached hydrogens (tertiary/aromatic N) is 2. The minimum atomic E-state index is 0.803. The van der Waals surface area contributed by atoms with Crippen molar-refractivity contribution in [1.29, 1.82) is 0 Å². The quantitative estimate of drug-likeness (QED) is 0.498. The summed E-state index contributed by atoms with van der Waals surface area (Å²) in [5.74, 6) is 0.803. The Morgan fingerprint density at radius 3 is 2.38 bits per heavy atom. The predicted molar refractivity (Wildman–Crippen MR) is 87.2 cm³/mol. The summed E-state index contributed by atoms with van der Waals surface area (Å²) in [6.07, 6.45) is 0. The Hall–Kier alpha value is -2.74. The molecule has 0 aliphatic heterocycles. The van der Waals surface area contributed by atoms with Gasteiger partial charge in [-0.1, -0.05) is 54.6 Å². The Kier molecular flexibility index (Phi) is 2.68. The topological polar surface area (TPSA) is 25.8 Å². The molecule has 0 bridgehead atoms. The summed E-state index contributed by atoms with van der Waals surface area (Å²) >= 11 is 0. The smallest absolute Gasteiger partial charge is 0.126 e. The molecule has 3 aromatic carbocycles. The van der Waals surface area contributed by atoms with Gasteiger partial charge in [0.25, 0.3) is 0 Å². The lowest BCUT2D eigenvalue weighted by Gasteiger charge is -2.08. The Balaban J connectivity index is 2.03. The van der Waals surface area contributed by atoms with Crippen molar-refractivity contribution in [2.45, 2.75) is 6.92 Å². The van der Waals surface area contributed by atoms with Crippen LogP contribution in [0.25, 0.3) is 32.9 Å². The van der Waals surface area contributed by atoms with Crippen LogP contribution in [0.2, 0.25) is 0 Å². The Labute approximate surface area is 123 Å². The van der Waals surface area contributed by atoms with Gasteiger partial charge in [-0.25, -0.2) is 9.97 Å². The normalized spacial score (nSPS) is 11.1. The number of aromatic nitrogens is 2. The Bertz CT molecular complexity index is 958. The van der Waals surface area contributed by atoms with Gasteiger partial charge in [0.1, 0.15) is 5.82 Å². The minimum Gasteiger partial charge on any atom is -0.233 e. The molecule has 0 spiro atoms. The molecule has 0 saturated carbocycles. The van der Waals surface area contributed by atoms with Crippen molar-refractivity contribution < 1.29 is 0 Å². The zero-order valence-electron chi connectivity index (χ0n) is 11.7. The van der Waals surface area contributed by atoms with E-state index >= 15 is 0 Å². The number of rotatable bonds is 1. The van der Waals surface area contributed by atoms with Crippen LogP contribution in [0, 0.1) is 6.92 Å². The van der Waals surface area contributed by atoms with Gasteiger partial charge in [-0.05, 0) is 29.8 Å². The fourth-order valence-corrected chi connectivity index (χ4v) is 2.75. The van der Waals surface area contributed by atoms with Crippen molar-refractivity contribution >= 4 is 21.7 Å². The first-order chi connectivity index (χ1) is 10.3. The number of benzene rings is 3. The van der Waals surface area contributed by atoms with Crippen molar-refractivity contribution in [3.8, 4) is 11.3 Å². The van der Waals surface area contributed by atoms with E-state index in [4.69, 9.17) is 0 Å². The maximum Gasteiger partial charge on any atom is 0.126 e. The van der Waals surface area contributed by atoms with Gasteiger partial charge >= 0.3 is 0 Å². The number of hydrogen-bond acceptors (Lipinski definition) is 2. The zero-order chi connectivity index (χ0) is 14.2. The molecule has 0 amide bonds. The average molecular weight is 270 g/mol. The maximum atomic E-state index is 4.67. The van der Waals surface area contributed by atoms with Crippen LogP contribution in [0.1, 0.15) is 5.82 Å². The van der Waals surface area contributed by atoms with Crippen LogP contribution < -0.4 is 0 Å². The van der Waals surface area contributed by atoms with E-state index in [0.717, 1.165) is 28.0 Å². The second kappa shape index (κ2) is 4.67. The van der Waals surface area contributed by atoms with Crippen LogP contribution in [-0.2, 0) is 0 Å². The molecule has 0 N–H and O–H groups in total. The molecule has 100 valence electrons. The Morgan fingerprint density at radius 2 is 1.48 bits per heavy atom. The highest BCUT2D eigenvalue weighted by atomic mass is 14.9. The number of para-hydroxylation sites is 1. The summed E-state index contributed by atoms with van der Waals surface area (Å²) in [6.45, 7) is 1.94. The Morgan fingerprint density at radius 1 is 0.714 bits per heavy atom. The van der Waals surface area contributed by atoms with Crippen molar-refractivity contribution in [2.24, 2.45) is 0 Å². The molecule has 0 aliphatic carbocycles. The molecule has 2 nitrogen and oxygen atoms in total. The lowest BCUT2D eigenvalue weighted by Crippen LogP contribution is -1.93. The van der Waals surface area contributed by atoms with Crippen molar-refractivity contribution in [3.63, 3.8) is 0 Å². The van der Waals surface area contributed by atoms with E-state index in [-0.39, 0.29) is 0 Å². The molecule has 4 rings (SSSR count). The SMILES string of the molecule is Cc1nc(-c2ccc3ccccc3c2)c2ccccc2n1. The molecule has 1 heterocycles. The highest BCUT2D eigenvalue weighted by Crippen LogP contribution is 2.28. The third kappa shape index (κ3) is 2.05. The van der Waals surface area contributed by atoms with E-state index in [9.17, 15) is 0 Å². The molecule has 0 unspecified atom stereocenters. The third-order valence-corrected chi connectivity index (χ3v) is 3.74. The van der Waals surface area contributed by atoms with Gasteiger partial charge in [-0.15, -0.1) is 0 Å². The number of fused-ring (bicyclic) bond motifs is 2. The first kappa shape index (κ1) is 12.0. The lowest BCUT2D eigenvalue weighted by molar-refractivity contribution is 1.10. The highest BCUT2D eigenvalue weighted by Gasteiger charge is 2.08. The van der Waals surface area contributed by atoms with Gasteiger partial charge in [0.05, 0.1) is 11.2 Å². The summed E-state index contributed by atoms with van der Waals surface area (Å²) in [7, 11) is 0. The van der Waals surface area contributed by atoms with Crippen LogP contribution in [0.5, 0.6) is 0 Å². The molecule has 2 heteroatoms. The molecule has 0 saturated heterocycles. The summed E-state index contributed by atoms with van der Waals surface area (Å²) in [4.78, 5) is 9.18. The van der Waals surface area contributed by atoms with E-state index in [1.165, 1.54) is 10.8 Å². The molecule has 4 aromatic rings. The highest BCUT2D eigenvalue weighted by molar-refractivity contribution is 5.95. The van der Waals surface area contributed by atoms with Crippen molar-refractivity contribution in [2.75, 3.05) is 0 Å². The van der Waals surface area contributed by atoms with Crippen molar-refractivity contribution in [3.05, 3.63) is 72.6 Å². The fraction of sp³-hybridized carbons (Fsp3) is 0.0526. The van der Waals surface area contributed by atoms with Gasteiger partial charge in [0, 0.05) is 10.9 Å². The van der Waals surface area contributed by atoms with E-state index in [1.54, 1.807) is 0 Å². The fourth-order valence-electron chi connectivity index (χ4n) is 2.75. The molecule has 0 radical (unpaired) electrons. The number of hydrogen-bond donors (Lipinski definition) is 0. The summed E-state index contributed by atoms with van der Waals surface area (Å²) in [6, 6.07) is 23.0. The van der Waals surface area contributed by atoms with Crippen LogP contribution in [0.15, 0.2) is 66.7 Å².